The first-order valence-electron chi connectivity index (χ1n) is 7.91. The molecule has 0 bridgehead atoms. The molecular formula is C18H20N2O4S. The molecule has 2 amide bonds. The number of aliphatic carboxylic acids is 1. The highest BCUT2D eigenvalue weighted by molar-refractivity contribution is 7.12. The Morgan fingerprint density at radius 1 is 1.12 bits per heavy atom. The van der Waals surface area contributed by atoms with Crippen LogP contribution in [0.4, 0.5) is 0 Å². The van der Waals surface area contributed by atoms with Crippen molar-refractivity contribution in [2.24, 2.45) is 0 Å². The van der Waals surface area contributed by atoms with Gasteiger partial charge in [0, 0.05) is 13.0 Å². The summed E-state index contributed by atoms with van der Waals surface area (Å²) in [7, 11) is 0. The summed E-state index contributed by atoms with van der Waals surface area (Å²) in [4.78, 5) is 36.5. The second-order valence-corrected chi connectivity index (χ2v) is 6.41. The molecule has 7 heteroatoms. The normalized spacial score (nSPS) is 12.8. The Labute approximate surface area is 149 Å². The molecule has 1 atom stereocenters. The second kappa shape index (κ2) is 8.43. The van der Waals surface area contributed by atoms with Gasteiger partial charge in [0.2, 0.25) is 5.91 Å². The van der Waals surface area contributed by atoms with E-state index in [1.165, 1.54) is 11.3 Å². The van der Waals surface area contributed by atoms with Crippen LogP contribution < -0.4 is 10.6 Å². The van der Waals surface area contributed by atoms with E-state index in [1.807, 2.05) is 0 Å². The van der Waals surface area contributed by atoms with Gasteiger partial charge in [-0.25, -0.2) is 4.79 Å². The van der Waals surface area contributed by atoms with Crippen LogP contribution in [0.25, 0.3) is 0 Å². The number of thiophene rings is 1. The Kier molecular flexibility index (Phi) is 6.30. The Hall–Kier alpha value is -2.67. The average Bonchev–Trinajstić information content (AvgIpc) is 3.15. The lowest BCUT2D eigenvalue weighted by atomic mass is 9.87. The molecule has 132 valence electrons. The Balaban J connectivity index is 1.98. The average molecular weight is 360 g/mol. The molecule has 0 spiro atoms. The maximum absolute atomic E-state index is 12.2. The summed E-state index contributed by atoms with van der Waals surface area (Å²) in [6, 6.07) is 12.1. The van der Waals surface area contributed by atoms with Gasteiger partial charge in [0.05, 0.1) is 4.88 Å². The molecule has 0 aliphatic carbocycles. The van der Waals surface area contributed by atoms with E-state index < -0.39 is 17.4 Å². The summed E-state index contributed by atoms with van der Waals surface area (Å²) < 4.78 is 0. The summed E-state index contributed by atoms with van der Waals surface area (Å²) in [5.74, 6) is -1.79. The van der Waals surface area contributed by atoms with Crippen molar-refractivity contribution in [1.29, 1.82) is 0 Å². The molecule has 0 saturated carbocycles. The lowest BCUT2D eigenvalue weighted by Crippen LogP contribution is -2.52. The van der Waals surface area contributed by atoms with Crippen LogP contribution in [0.15, 0.2) is 47.8 Å². The van der Waals surface area contributed by atoms with Crippen molar-refractivity contribution >= 4 is 29.1 Å². The fourth-order valence-electron chi connectivity index (χ4n) is 2.50. The van der Waals surface area contributed by atoms with Gasteiger partial charge in [-0.05, 0) is 23.4 Å². The molecule has 6 nitrogen and oxygen atoms in total. The molecule has 3 N–H and O–H groups in total. The van der Waals surface area contributed by atoms with Crippen molar-refractivity contribution in [3.8, 4) is 0 Å². The molecule has 2 aromatic rings. The van der Waals surface area contributed by atoms with Crippen molar-refractivity contribution in [1.82, 2.24) is 10.6 Å². The summed E-state index contributed by atoms with van der Waals surface area (Å²) in [6.07, 6.45) is 0.207. The second-order valence-electron chi connectivity index (χ2n) is 5.46. The van der Waals surface area contributed by atoms with Crippen LogP contribution in [0.2, 0.25) is 0 Å². The first-order chi connectivity index (χ1) is 12.0. The Morgan fingerprint density at radius 3 is 2.40 bits per heavy atom. The van der Waals surface area contributed by atoms with Crippen molar-refractivity contribution < 1.29 is 19.5 Å². The number of rotatable bonds is 8. The zero-order valence-electron chi connectivity index (χ0n) is 13.8. The van der Waals surface area contributed by atoms with Gasteiger partial charge < -0.3 is 15.7 Å². The van der Waals surface area contributed by atoms with Gasteiger partial charge in [-0.1, -0.05) is 43.3 Å². The van der Waals surface area contributed by atoms with E-state index in [2.05, 4.69) is 10.6 Å². The predicted molar refractivity (Wildman–Crippen MR) is 95.5 cm³/mol. The van der Waals surface area contributed by atoms with Gasteiger partial charge in [0.25, 0.3) is 5.91 Å². The highest BCUT2D eigenvalue weighted by Gasteiger charge is 2.39. The van der Waals surface area contributed by atoms with Crippen molar-refractivity contribution in [2.75, 3.05) is 6.54 Å². The van der Waals surface area contributed by atoms with Gasteiger partial charge >= 0.3 is 5.97 Å². The minimum atomic E-state index is -1.48. The summed E-state index contributed by atoms with van der Waals surface area (Å²) in [6.45, 7) is 1.84. The maximum Gasteiger partial charge on any atom is 0.334 e. The monoisotopic (exact) mass is 360 g/mol. The van der Waals surface area contributed by atoms with Crippen LogP contribution in [0, 0.1) is 0 Å². The number of benzene rings is 1. The van der Waals surface area contributed by atoms with Gasteiger partial charge in [-0.15, -0.1) is 11.3 Å². The fourth-order valence-corrected chi connectivity index (χ4v) is 3.14. The summed E-state index contributed by atoms with van der Waals surface area (Å²) in [5, 5.41) is 16.7. The maximum atomic E-state index is 12.2. The molecular weight excluding hydrogens is 340 g/mol. The molecule has 1 aromatic heterocycles. The van der Waals surface area contributed by atoms with Crippen LogP contribution >= 0.6 is 11.3 Å². The molecule has 1 aromatic carbocycles. The number of amides is 2. The number of carbonyl (C=O) groups excluding carboxylic acids is 2. The highest BCUT2D eigenvalue weighted by atomic mass is 32.1. The lowest BCUT2D eigenvalue weighted by Gasteiger charge is -2.30. The largest absolute Gasteiger partial charge is 0.479 e. The minimum absolute atomic E-state index is 0.00101. The molecule has 1 unspecified atom stereocenters. The molecule has 0 aliphatic rings. The number of hydrogen-bond donors (Lipinski definition) is 3. The smallest absolute Gasteiger partial charge is 0.334 e. The summed E-state index contributed by atoms with van der Waals surface area (Å²) >= 11 is 1.31. The van der Waals surface area contributed by atoms with Gasteiger partial charge in [-0.3, -0.25) is 9.59 Å². The van der Waals surface area contributed by atoms with Crippen LogP contribution in [-0.2, 0) is 15.1 Å². The number of carbonyl (C=O) groups is 3. The predicted octanol–water partition coefficient (Wildman–Crippen LogP) is 2.37. The third-order valence-corrected chi connectivity index (χ3v) is 4.77. The van der Waals surface area contributed by atoms with Crippen LogP contribution in [-0.4, -0.2) is 29.4 Å². The molecule has 25 heavy (non-hydrogen) atoms. The molecule has 0 fully saturated rings. The van der Waals surface area contributed by atoms with E-state index in [9.17, 15) is 19.5 Å². The Bertz CT molecular complexity index is 731. The van der Waals surface area contributed by atoms with Gasteiger partial charge in [-0.2, -0.15) is 0 Å². The van der Waals surface area contributed by atoms with Crippen molar-refractivity contribution in [3.05, 3.63) is 58.3 Å². The highest BCUT2D eigenvalue weighted by Crippen LogP contribution is 2.25. The zero-order chi connectivity index (χ0) is 18.3. The van der Waals surface area contributed by atoms with E-state index in [0.717, 1.165) is 0 Å². The summed E-state index contributed by atoms with van der Waals surface area (Å²) in [5.41, 5.74) is -0.961. The SMILES string of the molecule is CCC(NC(=O)CCNC(=O)c1cccs1)(C(=O)O)c1ccccc1. The Morgan fingerprint density at radius 2 is 1.84 bits per heavy atom. The standard InChI is InChI=1S/C18H20N2O4S/c1-2-18(17(23)24,13-7-4-3-5-8-13)20-15(21)10-11-19-16(22)14-9-6-12-25-14/h3-9,12H,2,10-11H2,1H3,(H,19,22)(H,20,21)(H,23,24). The number of carboxylic acid groups (broad SMARTS) is 1. The third kappa shape index (κ3) is 4.45. The van der Waals surface area contributed by atoms with Crippen LogP contribution in [0.3, 0.4) is 0 Å². The lowest BCUT2D eigenvalue weighted by molar-refractivity contribution is -0.148. The molecule has 0 radical (unpaired) electrons. The van der Waals surface area contributed by atoms with Crippen molar-refractivity contribution in [2.45, 2.75) is 25.3 Å². The number of carboxylic acids is 1. The molecule has 2 rings (SSSR count). The minimum Gasteiger partial charge on any atom is -0.479 e. The van der Waals surface area contributed by atoms with Crippen LogP contribution in [0.1, 0.15) is 35.0 Å². The zero-order valence-corrected chi connectivity index (χ0v) is 14.6. The van der Waals surface area contributed by atoms with E-state index in [4.69, 9.17) is 0 Å². The quantitative estimate of drug-likeness (QED) is 0.673. The van der Waals surface area contributed by atoms with Crippen molar-refractivity contribution in [3.63, 3.8) is 0 Å². The van der Waals surface area contributed by atoms with E-state index >= 15 is 0 Å². The van der Waals surface area contributed by atoms with Gasteiger partial charge in [0.1, 0.15) is 0 Å². The first kappa shape index (κ1) is 18.7. The molecule has 0 saturated heterocycles. The molecule has 1 heterocycles. The van der Waals surface area contributed by atoms with E-state index in [-0.39, 0.29) is 25.3 Å². The van der Waals surface area contributed by atoms with Crippen LogP contribution in [0.5, 0.6) is 0 Å². The first-order valence-corrected chi connectivity index (χ1v) is 8.79. The van der Waals surface area contributed by atoms with Gasteiger partial charge in [0.15, 0.2) is 5.54 Å². The van der Waals surface area contributed by atoms with E-state index in [1.54, 1.807) is 54.8 Å². The van der Waals surface area contributed by atoms with E-state index in [0.29, 0.717) is 10.4 Å². The molecule has 0 aliphatic heterocycles. The third-order valence-electron chi connectivity index (χ3n) is 3.90. The fraction of sp³-hybridized carbons (Fsp3) is 0.278. The topological polar surface area (TPSA) is 95.5 Å². The number of hydrogen-bond acceptors (Lipinski definition) is 4. The number of nitrogens with one attached hydrogen (secondary N) is 2.